The normalized spacial score (nSPS) is 16.1. The monoisotopic (exact) mass is 756 g/mol. The molecule has 0 spiro atoms. The van der Waals surface area contributed by atoms with Crippen LogP contribution in [0.2, 0.25) is 0 Å². The highest BCUT2D eigenvalue weighted by atomic mass is 16.5. The third-order valence-electron chi connectivity index (χ3n) is 10.1. The molecule has 8 nitrogen and oxygen atoms in total. The summed E-state index contributed by atoms with van der Waals surface area (Å²) in [4.78, 5) is 10.4. The fraction of sp³-hybridized carbons (Fsp3) is 0.333. The zero-order valence-electron chi connectivity index (χ0n) is 33.8. The van der Waals surface area contributed by atoms with Crippen LogP contribution in [0.5, 0.6) is 23.0 Å². The molecule has 0 bridgehead atoms. The maximum atomic E-state index is 5.36. The van der Waals surface area contributed by atoms with Gasteiger partial charge in [-0.1, -0.05) is 97.1 Å². The molecule has 1 fully saturated rings. The van der Waals surface area contributed by atoms with Crippen molar-refractivity contribution in [2.45, 2.75) is 0 Å². The van der Waals surface area contributed by atoms with E-state index in [0.717, 1.165) is 102 Å². The van der Waals surface area contributed by atoms with E-state index in [4.69, 9.17) is 18.9 Å². The Hall–Kier alpha value is -5.12. The van der Waals surface area contributed by atoms with Crippen LogP contribution in [0.3, 0.4) is 0 Å². The third kappa shape index (κ3) is 14.8. The molecule has 296 valence electrons. The summed E-state index contributed by atoms with van der Waals surface area (Å²) in [7, 11) is 6.82. The SMILES string of the molecule is COc1ccc(/C=C/CN2CCN(C/C=C/c3ccc(OC)cc3)CCN(C/C=C/c3ccc(OC)cc3)CCN(C/C=C/c3ccc(OC)cc3)CC2)cc1. The minimum absolute atomic E-state index is 0.874. The van der Waals surface area contributed by atoms with Crippen LogP contribution in [0, 0.1) is 0 Å². The average molecular weight is 757 g/mol. The quantitative estimate of drug-likeness (QED) is 0.114. The molecule has 1 aliphatic rings. The summed E-state index contributed by atoms with van der Waals surface area (Å²) in [5.74, 6) is 3.50. The molecule has 0 aliphatic carbocycles. The van der Waals surface area contributed by atoms with Crippen LogP contribution in [-0.2, 0) is 0 Å². The van der Waals surface area contributed by atoms with Crippen LogP contribution in [0.15, 0.2) is 121 Å². The summed E-state index contributed by atoms with van der Waals surface area (Å²) in [6.45, 7) is 11.4. The number of nitrogens with zero attached hydrogens (tertiary/aromatic N) is 4. The number of hydrogen-bond acceptors (Lipinski definition) is 8. The Morgan fingerprint density at radius 3 is 0.661 bits per heavy atom. The Morgan fingerprint density at radius 1 is 0.321 bits per heavy atom. The fourth-order valence-corrected chi connectivity index (χ4v) is 6.52. The molecule has 0 atom stereocenters. The molecule has 5 rings (SSSR count). The van der Waals surface area contributed by atoms with Gasteiger partial charge in [0.2, 0.25) is 0 Å². The van der Waals surface area contributed by atoms with Crippen molar-refractivity contribution in [2.75, 3.05) is 107 Å². The number of benzene rings is 4. The van der Waals surface area contributed by atoms with E-state index >= 15 is 0 Å². The van der Waals surface area contributed by atoms with Crippen LogP contribution in [0.1, 0.15) is 22.3 Å². The van der Waals surface area contributed by atoms with E-state index in [2.05, 4.69) is 117 Å². The maximum Gasteiger partial charge on any atom is 0.118 e. The van der Waals surface area contributed by atoms with Gasteiger partial charge in [-0.3, -0.25) is 19.6 Å². The summed E-state index contributed by atoms with van der Waals surface area (Å²) < 4.78 is 21.4. The van der Waals surface area contributed by atoms with Crippen LogP contribution in [-0.4, -0.2) is 127 Å². The zero-order chi connectivity index (χ0) is 39.2. The summed E-state index contributed by atoms with van der Waals surface area (Å²) in [6.07, 6.45) is 18.1. The molecule has 56 heavy (non-hydrogen) atoms. The zero-order valence-corrected chi connectivity index (χ0v) is 33.8. The number of rotatable bonds is 16. The van der Waals surface area contributed by atoms with E-state index in [0.29, 0.717) is 0 Å². The van der Waals surface area contributed by atoms with Crippen LogP contribution in [0.4, 0.5) is 0 Å². The minimum Gasteiger partial charge on any atom is -0.497 e. The Bertz CT molecular complexity index is 1520. The van der Waals surface area contributed by atoms with Gasteiger partial charge in [0.05, 0.1) is 28.4 Å². The number of ether oxygens (including phenoxy) is 4. The predicted molar refractivity (Wildman–Crippen MR) is 234 cm³/mol. The molecule has 0 aromatic heterocycles. The topological polar surface area (TPSA) is 49.9 Å². The highest BCUT2D eigenvalue weighted by Crippen LogP contribution is 2.16. The molecule has 0 radical (unpaired) electrons. The van der Waals surface area contributed by atoms with Gasteiger partial charge >= 0.3 is 0 Å². The van der Waals surface area contributed by atoms with Gasteiger partial charge in [0.25, 0.3) is 0 Å². The standard InChI is InChI=1S/C48H60N4O4/c1-53-45-21-13-41(14-22-45)9-5-29-49-33-35-50(30-6-10-42-15-23-46(54-2)24-16-42)37-39-52(32-8-12-44-19-27-48(56-4)28-20-44)40-38-51(36-34-49)31-7-11-43-17-25-47(55-3)26-18-43/h5-28H,29-40H2,1-4H3/b9-5+,10-6+,11-7+,12-8+. The van der Waals surface area contributed by atoms with Crippen LogP contribution in [0.25, 0.3) is 24.3 Å². The Kier molecular flexibility index (Phi) is 17.8. The second-order valence-electron chi connectivity index (χ2n) is 13.9. The van der Waals surface area contributed by atoms with E-state index in [-0.39, 0.29) is 0 Å². The maximum absolute atomic E-state index is 5.36. The first-order valence-corrected chi connectivity index (χ1v) is 19.7. The van der Waals surface area contributed by atoms with Gasteiger partial charge in [0, 0.05) is 78.5 Å². The van der Waals surface area contributed by atoms with Crippen molar-refractivity contribution in [1.82, 2.24) is 19.6 Å². The molecular formula is C48H60N4O4. The van der Waals surface area contributed by atoms with Gasteiger partial charge in [-0.25, -0.2) is 0 Å². The van der Waals surface area contributed by atoms with Crippen LogP contribution < -0.4 is 18.9 Å². The van der Waals surface area contributed by atoms with Gasteiger partial charge in [-0.15, -0.1) is 0 Å². The molecule has 0 amide bonds. The molecule has 8 heteroatoms. The van der Waals surface area contributed by atoms with E-state index in [1.165, 1.54) is 22.3 Å². The summed E-state index contributed by atoms with van der Waals surface area (Å²) in [6, 6.07) is 33.0. The van der Waals surface area contributed by atoms with Crippen molar-refractivity contribution < 1.29 is 18.9 Å². The van der Waals surface area contributed by atoms with Crippen molar-refractivity contribution in [3.63, 3.8) is 0 Å². The Labute approximate surface area is 335 Å². The second kappa shape index (κ2) is 23.7. The van der Waals surface area contributed by atoms with Crippen molar-refractivity contribution in [3.05, 3.63) is 144 Å². The highest BCUT2D eigenvalue weighted by molar-refractivity contribution is 5.53. The van der Waals surface area contributed by atoms with E-state index < -0.39 is 0 Å². The first-order valence-electron chi connectivity index (χ1n) is 19.7. The van der Waals surface area contributed by atoms with Gasteiger partial charge in [0.1, 0.15) is 23.0 Å². The van der Waals surface area contributed by atoms with Crippen molar-refractivity contribution >= 4 is 24.3 Å². The lowest BCUT2D eigenvalue weighted by Gasteiger charge is -2.33. The lowest BCUT2D eigenvalue weighted by Crippen LogP contribution is -2.46. The summed E-state index contributed by atoms with van der Waals surface area (Å²) in [5.41, 5.74) is 4.71. The minimum atomic E-state index is 0.874. The van der Waals surface area contributed by atoms with Crippen molar-refractivity contribution in [3.8, 4) is 23.0 Å². The fourth-order valence-electron chi connectivity index (χ4n) is 6.52. The van der Waals surface area contributed by atoms with Gasteiger partial charge in [0.15, 0.2) is 0 Å². The van der Waals surface area contributed by atoms with Crippen molar-refractivity contribution in [1.29, 1.82) is 0 Å². The molecule has 0 N–H and O–H groups in total. The molecule has 1 saturated heterocycles. The lowest BCUT2D eigenvalue weighted by atomic mass is 10.2. The van der Waals surface area contributed by atoms with Gasteiger partial charge in [-0.2, -0.15) is 0 Å². The molecule has 1 aliphatic heterocycles. The van der Waals surface area contributed by atoms with E-state index in [1.807, 2.05) is 48.5 Å². The number of methoxy groups -OCH3 is 4. The largest absolute Gasteiger partial charge is 0.497 e. The van der Waals surface area contributed by atoms with Crippen molar-refractivity contribution in [2.24, 2.45) is 0 Å². The third-order valence-corrected chi connectivity index (χ3v) is 10.1. The first-order chi connectivity index (χ1) is 27.5. The van der Waals surface area contributed by atoms with E-state index in [9.17, 15) is 0 Å². The lowest BCUT2D eigenvalue weighted by molar-refractivity contribution is 0.154. The second-order valence-corrected chi connectivity index (χ2v) is 13.9. The molecule has 0 unspecified atom stereocenters. The Balaban J connectivity index is 1.31. The summed E-state index contributed by atoms with van der Waals surface area (Å²) in [5, 5.41) is 0. The molecule has 0 saturated carbocycles. The van der Waals surface area contributed by atoms with E-state index in [1.54, 1.807) is 28.4 Å². The van der Waals surface area contributed by atoms with Gasteiger partial charge in [-0.05, 0) is 70.8 Å². The smallest absolute Gasteiger partial charge is 0.118 e. The summed E-state index contributed by atoms with van der Waals surface area (Å²) >= 11 is 0. The average Bonchev–Trinajstić information content (AvgIpc) is 3.24. The predicted octanol–water partition coefficient (Wildman–Crippen LogP) is 8.10. The molecule has 4 aromatic carbocycles. The van der Waals surface area contributed by atoms with Gasteiger partial charge < -0.3 is 18.9 Å². The Morgan fingerprint density at radius 2 is 0.500 bits per heavy atom. The number of hydrogen-bond donors (Lipinski definition) is 0. The first kappa shape index (κ1) is 42.0. The highest BCUT2D eigenvalue weighted by Gasteiger charge is 2.15. The molecule has 1 heterocycles. The van der Waals surface area contributed by atoms with Crippen LogP contribution >= 0.6 is 0 Å². The molecular weight excluding hydrogens is 697 g/mol. The molecule has 4 aromatic rings.